The van der Waals surface area contributed by atoms with Gasteiger partial charge in [0.1, 0.15) is 0 Å². The molecule has 2 fully saturated rings. The van der Waals surface area contributed by atoms with Gasteiger partial charge in [-0.2, -0.15) is 13.2 Å². The lowest BCUT2D eigenvalue weighted by Gasteiger charge is -2.39. The van der Waals surface area contributed by atoms with Gasteiger partial charge in [-0.05, 0) is 19.4 Å². The molecule has 2 aliphatic heterocycles. The van der Waals surface area contributed by atoms with Crippen molar-refractivity contribution in [3.8, 4) is 0 Å². The molecule has 2 heterocycles. The van der Waals surface area contributed by atoms with E-state index >= 15 is 0 Å². The second kappa shape index (κ2) is 5.12. The average molecular weight is 251 g/mol. The Morgan fingerprint density at radius 1 is 1.24 bits per heavy atom. The Balaban J connectivity index is 1.86. The fraction of sp³-hybridized carbons (Fsp3) is 1.00. The van der Waals surface area contributed by atoms with Gasteiger partial charge in [-0.15, -0.1) is 0 Å². The molecule has 2 atom stereocenters. The van der Waals surface area contributed by atoms with Gasteiger partial charge in [-0.3, -0.25) is 9.80 Å². The van der Waals surface area contributed by atoms with Crippen LogP contribution in [0.25, 0.3) is 0 Å². The number of rotatable bonds is 3. The highest BCUT2D eigenvalue weighted by Gasteiger charge is 2.41. The van der Waals surface area contributed by atoms with E-state index in [0.717, 1.165) is 32.6 Å². The lowest BCUT2D eigenvalue weighted by atomic mass is 10.1. The summed E-state index contributed by atoms with van der Waals surface area (Å²) in [5.41, 5.74) is 5.23. The summed E-state index contributed by atoms with van der Waals surface area (Å²) in [4.78, 5) is 4.32. The van der Waals surface area contributed by atoms with Crippen molar-refractivity contribution >= 4 is 0 Å². The molecule has 0 spiro atoms. The first-order chi connectivity index (χ1) is 8.00. The van der Waals surface area contributed by atoms with Crippen LogP contribution in [0.2, 0.25) is 0 Å². The molecule has 2 saturated heterocycles. The second-order valence-corrected chi connectivity index (χ2v) is 5.07. The van der Waals surface area contributed by atoms with Crippen molar-refractivity contribution in [1.29, 1.82) is 0 Å². The van der Waals surface area contributed by atoms with Gasteiger partial charge in [0.05, 0.1) is 5.92 Å². The Kier molecular flexibility index (Phi) is 3.95. The topological polar surface area (TPSA) is 32.5 Å². The van der Waals surface area contributed by atoms with E-state index in [9.17, 15) is 13.2 Å². The molecule has 0 aromatic carbocycles. The van der Waals surface area contributed by atoms with Gasteiger partial charge < -0.3 is 5.73 Å². The first-order valence-corrected chi connectivity index (χ1v) is 6.24. The third-order valence-electron chi connectivity index (χ3n) is 3.90. The first-order valence-electron chi connectivity index (χ1n) is 6.24. The lowest BCUT2D eigenvalue weighted by Crippen LogP contribution is -2.53. The minimum Gasteiger partial charge on any atom is -0.330 e. The summed E-state index contributed by atoms with van der Waals surface area (Å²) in [6.45, 7) is 3.27. The molecule has 6 heteroatoms. The largest absolute Gasteiger partial charge is 0.394 e. The Labute approximate surface area is 99.7 Å². The van der Waals surface area contributed by atoms with Crippen LogP contribution in [0.1, 0.15) is 12.8 Å². The smallest absolute Gasteiger partial charge is 0.330 e. The minimum absolute atomic E-state index is 0.0599. The summed E-state index contributed by atoms with van der Waals surface area (Å²) in [6, 6.07) is 0.468. The van der Waals surface area contributed by atoms with Crippen LogP contribution in [0.4, 0.5) is 13.2 Å². The Morgan fingerprint density at radius 3 is 2.65 bits per heavy atom. The molecule has 2 rings (SSSR count). The van der Waals surface area contributed by atoms with Crippen LogP contribution in [0, 0.1) is 5.92 Å². The third-order valence-corrected chi connectivity index (χ3v) is 3.90. The summed E-state index contributed by atoms with van der Waals surface area (Å²) >= 11 is 0. The minimum atomic E-state index is -4.17. The van der Waals surface area contributed by atoms with E-state index in [2.05, 4.69) is 4.90 Å². The molecular formula is C11H20F3N3. The van der Waals surface area contributed by atoms with Crippen molar-refractivity contribution in [2.24, 2.45) is 11.7 Å². The number of nitrogens with two attached hydrogens (primary N) is 1. The number of hydrogen-bond donors (Lipinski definition) is 1. The molecule has 0 bridgehead atoms. The summed E-state index contributed by atoms with van der Waals surface area (Å²) in [5.74, 6) is -1.38. The summed E-state index contributed by atoms with van der Waals surface area (Å²) in [5, 5.41) is 0. The van der Waals surface area contributed by atoms with E-state index in [-0.39, 0.29) is 13.1 Å². The summed E-state index contributed by atoms with van der Waals surface area (Å²) in [6.07, 6.45) is -1.87. The maximum atomic E-state index is 12.6. The normalized spacial score (nSPS) is 29.3. The van der Waals surface area contributed by atoms with Crippen LogP contribution in [0.3, 0.4) is 0 Å². The Bertz CT molecular complexity index is 257. The molecule has 0 aliphatic carbocycles. The zero-order valence-corrected chi connectivity index (χ0v) is 9.92. The van der Waals surface area contributed by atoms with Gasteiger partial charge in [-0.1, -0.05) is 0 Å². The molecule has 3 nitrogen and oxygen atoms in total. The quantitative estimate of drug-likeness (QED) is 0.809. The van der Waals surface area contributed by atoms with Crippen LogP contribution in [-0.2, 0) is 0 Å². The zero-order chi connectivity index (χ0) is 12.5. The van der Waals surface area contributed by atoms with E-state index in [1.54, 1.807) is 0 Å². The molecule has 0 aromatic heterocycles. The van der Waals surface area contributed by atoms with Gasteiger partial charge in [0.25, 0.3) is 0 Å². The van der Waals surface area contributed by atoms with Crippen molar-refractivity contribution in [3.63, 3.8) is 0 Å². The molecule has 0 amide bonds. The van der Waals surface area contributed by atoms with E-state index in [4.69, 9.17) is 5.73 Å². The first kappa shape index (κ1) is 13.1. The SMILES string of the molecule is NCC(CN1CCN2CCCC2C1)C(F)(F)F. The van der Waals surface area contributed by atoms with Crippen LogP contribution < -0.4 is 5.73 Å². The van der Waals surface area contributed by atoms with Gasteiger partial charge >= 0.3 is 6.18 Å². The van der Waals surface area contributed by atoms with E-state index in [0.29, 0.717) is 6.04 Å². The molecule has 100 valence electrons. The molecule has 0 aromatic rings. The van der Waals surface area contributed by atoms with Gasteiger partial charge in [-0.25, -0.2) is 0 Å². The number of alkyl halides is 3. The second-order valence-electron chi connectivity index (χ2n) is 5.07. The maximum Gasteiger partial charge on any atom is 0.394 e. The molecule has 2 aliphatic rings. The molecular weight excluding hydrogens is 231 g/mol. The predicted octanol–water partition coefficient (Wildman–Crippen LogP) is 0.904. The maximum absolute atomic E-state index is 12.6. The van der Waals surface area contributed by atoms with Crippen molar-refractivity contribution in [1.82, 2.24) is 9.80 Å². The van der Waals surface area contributed by atoms with E-state index in [1.807, 2.05) is 4.90 Å². The average Bonchev–Trinajstić information content (AvgIpc) is 2.71. The fourth-order valence-corrected chi connectivity index (χ4v) is 2.84. The van der Waals surface area contributed by atoms with Gasteiger partial charge in [0, 0.05) is 38.8 Å². The molecule has 0 radical (unpaired) electrons. The molecule has 0 saturated carbocycles. The van der Waals surface area contributed by atoms with Crippen LogP contribution in [0.5, 0.6) is 0 Å². The molecule has 2 N–H and O–H groups in total. The number of piperazine rings is 1. The highest BCUT2D eigenvalue weighted by molar-refractivity contribution is 4.88. The van der Waals surface area contributed by atoms with Gasteiger partial charge in [0.2, 0.25) is 0 Å². The van der Waals surface area contributed by atoms with Crippen LogP contribution in [0.15, 0.2) is 0 Å². The Hall–Kier alpha value is -0.330. The van der Waals surface area contributed by atoms with Crippen molar-refractivity contribution < 1.29 is 13.2 Å². The molecule has 2 unspecified atom stereocenters. The van der Waals surface area contributed by atoms with Crippen LogP contribution >= 0.6 is 0 Å². The fourth-order valence-electron chi connectivity index (χ4n) is 2.84. The molecule has 17 heavy (non-hydrogen) atoms. The zero-order valence-electron chi connectivity index (χ0n) is 9.92. The van der Waals surface area contributed by atoms with E-state index < -0.39 is 12.1 Å². The van der Waals surface area contributed by atoms with Crippen molar-refractivity contribution in [2.75, 3.05) is 39.3 Å². The van der Waals surface area contributed by atoms with Crippen molar-refractivity contribution in [2.45, 2.75) is 25.1 Å². The number of fused-ring (bicyclic) bond motifs is 1. The monoisotopic (exact) mass is 251 g/mol. The summed E-state index contributed by atoms with van der Waals surface area (Å²) < 4.78 is 37.9. The number of nitrogens with zero attached hydrogens (tertiary/aromatic N) is 2. The highest BCUT2D eigenvalue weighted by atomic mass is 19.4. The lowest BCUT2D eigenvalue weighted by molar-refractivity contribution is -0.177. The highest BCUT2D eigenvalue weighted by Crippen LogP contribution is 2.28. The number of hydrogen-bond acceptors (Lipinski definition) is 3. The standard InChI is InChI=1S/C11H20F3N3/c12-11(13,14)9(6-15)7-16-4-5-17-3-1-2-10(17)8-16/h9-10H,1-8,15H2. The summed E-state index contributed by atoms with van der Waals surface area (Å²) in [7, 11) is 0. The van der Waals surface area contributed by atoms with Gasteiger partial charge in [0.15, 0.2) is 0 Å². The number of halogens is 3. The third kappa shape index (κ3) is 3.11. The predicted molar refractivity (Wildman–Crippen MR) is 59.6 cm³/mol. The van der Waals surface area contributed by atoms with Crippen molar-refractivity contribution in [3.05, 3.63) is 0 Å². The van der Waals surface area contributed by atoms with E-state index in [1.165, 1.54) is 6.42 Å². The van der Waals surface area contributed by atoms with Crippen LogP contribution in [-0.4, -0.2) is 61.3 Å². The Morgan fingerprint density at radius 2 is 2.00 bits per heavy atom.